The summed E-state index contributed by atoms with van der Waals surface area (Å²) in [7, 11) is 0. The van der Waals surface area contributed by atoms with E-state index in [-0.39, 0.29) is 0 Å². The van der Waals surface area contributed by atoms with E-state index in [0.717, 1.165) is 25.4 Å². The van der Waals surface area contributed by atoms with Crippen LogP contribution in [0.1, 0.15) is 19.3 Å². The van der Waals surface area contributed by atoms with Gasteiger partial charge in [-0.15, -0.1) is 0 Å². The molecule has 0 atom stereocenters. The van der Waals surface area contributed by atoms with Crippen LogP contribution in [0.5, 0.6) is 0 Å². The van der Waals surface area contributed by atoms with Crippen LogP contribution in [-0.2, 0) is 4.79 Å². The van der Waals surface area contributed by atoms with Crippen molar-refractivity contribution in [2.75, 3.05) is 13.1 Å². The highest BCUT2D eigenvalue weighted by atomic mass is 16.1. The zero-order valence-corrected chi connectivity index (χ0v) is 6.10. The van der Waals surface area contributed by atoms with Gasteiger partial charge in [-0.1, -0.05) is 0 Å². The number of rotatable bonds is 2. The lowest BCUT2D eigenvalue weighted by atomic mass is 9.95. The third-order valence-corrected chi connectivity index (χ3v) is 1.99. The Morgan fingerprint density at radius 1 is 1.50 bits per heavy atom. The monoisotopic (exact) mass is 139 g/mol. The minimum atomic E-state index is 0.725. The Kier molecular flexibility index (Phi) is 3.20. The van der Waals surface area contributed by atoms with Gasteiger partial charge < -0.3 is 5.32 Å². The molecular weight excluding hydrogens is 126 g/mol. The molecule has 2 heteroatoms. The number of allylic oxidation sites excluding steroid dienone is 1. The summed E-state index contributed by atoms with van der Waals surface area (Å²) in [4.78, 5) is 9.85. The van der Waals surface area contributed by atoms with Gasteiger partial charge in [0.05, 0.1) is 0 Å². The molecule has 56 valence electrons. The van der Waals surface area contributed by atoms with Gasteiger partial charge in [0, 0.05) is 6.08 Å². The van der Waals surface area contributed by atoms with E-state index in [1.165, 1.54) is 12.8 Å². The molecule has 0 aromatic carbocycles. The van der Waals surface area contributed by atoms with E-state index in [2.05, 4.69) is 5.32 Å². The normalized spacial score (nSPS) is 20.0. The molecule has 2 nitrogen and oxygen atoms in total. The first-order valence-corrected chi connectivity index (χ1v) is 3.83. The Morgan fingerprint density at radius 2 is 2.20 bits per heavy atom. The van der Waals surface area contributed by atoms with Crippen molar-refractivity contribution in [2.24, 2.45) is 5.92 Å². The van der Waals surface area contributed by atoms with Gasteiger partial charge >= 0.3 is 0 Å². The molecule has 1 rings (SSSR count). The van der Waals surface area contributed by atoms with Crippen molar-refractivity contribution < 1.29 is 4.79 Å². The smallest absolute Gasteiger partial charge is 0.120 e. The third-order valence-electron chi connectivity index (χ3n) is 1.99. The predicted molar refractivity (Wildman–Crippen MR) is 40.5 cm³/mol. The highest BCUT2D eigenvalue weighted by Crippen LogP contribution is 2.15. The maximum atomic E-state index is 9.85. The van der Waals surface area contributed by atoms with E-state index in [1.807, 2.05) is 5.94 Å². The van der Waals surface area contributed by atoms with Crippen molar-refractivity contribution in [1.82, 2.24) is 5.32 Å². The second-order valence-electron chi connectivity index (χ2n) is 2.75. The SMILES string of the molecule is O=C=CCC1CCNCC1. The fourth-order valence-electron chi connectivity index (χ4n) is 1.33. The number of hydrogen-bond acceptors (Lipinski definition) is 2. The standard InChI is InChI=1S/C8H13NO/c10-7-1-2-8-3-5-9-6-4-8/h1,8-9H,2-6H2. The molecule has 1 heterocycles. The van der Waals surface area contributed by atoms with Crippen molar-refractivity contribution in [3.63, 3.8) is 0 Å². The van der Waals surface area contributed by atoms with Gasteiger partial charge in [-0.05, 0) is 38.3 Å². The van der Waals surface area contributed by atoms with Gasteiger partial charge in [-0.2, -0.15) is 0 Å². The molecule has 0 amide bonds. The van der Waals surface area contributed by atoms with Gasteiger partial charge in [0.15, 0.2) is 0 Å². The van der Waals surface area contributed by atoms with Crippen molar-refractivity contribution in [2.45, 2.75) is 19.3 Å². The third kappa shape index (κ3) is 2.34. The molecule has 1 fully saturated rings. The molecule has 1 aliphatic rings. The van der Waals surface area contributed by atoms with Crippen LogP contribution in [0.2, 0.25) is 0 Å². The van der Waals surface area contributed by atoms with Crippen LogP contribution in [0, 0.1) is 5.92 Å². The number of carbonyl (C=O) groups excluding carboxylic acids is 1. The average molecular weight is 139 g/mol. The Hall–Kier alpha value is -0.590. The molecule has 0 aliphatic carbocycles. The maximum absolute atomic E-state index is 9.85. The first-order chi connectivity index (χ1) is 4.93. The molecule has 0 saturated carbocycles. The lowest BCUT2D eigenvalue weighted by Crippen LogP contribution is -2.27. The zero-order valence-electron chi connectivity index (χ0n) is 6.10. The average Bonchev–Trinajstić information content (AvgIpc) is 2.03. The van der Waals surface area contributed by atoms with Crippen LogP contribution < -0.4 is 5.32 Å². The zero-order chi connectivity index (χ0) is 7.23. The summed E-state index contributed by atoms with van der Waals surface area (Å²) in [5, 5.41) is 3.28. The lowest BCUT2D eigenvalue weighted by molar-refractivity contribution is 0.378. The van der Waals surface area contributed by atoms with Gasteiger partial charge in [0.25, 0.3) is 0 Å². The van der Waals surface area contributed by atoms with E-state index in [4.69, 9.17) is 0 Å². The van der Waals surface area contributed by atoms with Crippen LogP contribution in [0.3, 0.4) is 0 Å². The number of piperidine rings is 1. The molecule has 0 spiro atoms. The van der Waals surface area contributed by atoms with Gasteiger partial charge in [0.2, 0.25) is 0 Å². The number of hydrogen-bond donors (Lipinski definition) is 1. The van der Waals surface area contributed by atoms with Crippen molar-refractivity contribution in [3.05, 3.63) is 6.08 Å². The van der Waals surface area contributed by atoms with Crippen molar-refractivity contribution in [1.29, 1.82) is 0 Å². The van der Waals surface area contributed by atoms with Crippen LogP contribution in [0.15, 0.2) is 6.08 Å². The Balaban J connectivity index is 2.19. The minimum Gasteiger partial charge on any atom is -0.317 e. The fourth-order valence-corrected chi connectivity index (χ4v) is 1.33. The van der Waals surface area contributed by atoms with Gasteiger partial charge in [-0.25, -0.2) is 4.79 Å². The van der Waals surface area contributed by atoms with E-state index in [9.17, 15) is 4.79 Å². The molecule has 1 N–H and O–H groups in total. The predicted octanol–water partition coefficient (Wildman–Crippen LogP) is 0.764. The van der Waals surface area contributed by atoms with E-state index in [1.54, 1.807) is 6.08 Å². The molecule has 1 aliphatic heterocycles. The first-order valence-electron chi connectivity index (χ1n) is 3.83. The highest BCUT2D eigenvalue weighted by Gasteiger charge is 2.10. The van der Waals surface area contributed by atoms with E-state index < -0.39 is 0 Å². The minimum absolute atomic E-state index is 0.725. The van der Waals surface area contributed by atoms with Crippen molar-refractivity contribution >= 4 is 5.94 Å². The summed E-state index contributed by atoms with van der Waals surface area (Å²) in [5.41, 5.74) is 0. The van der Waals surface area contributed by atoms with Crippen LogP contribution >= 0.6 is 0 Å². The Morgan fingerprint density at radius 3 is 2.80 bits per heavy atom. The molecule has 10 heavy (non-hydrogen) atoms. The number of nitrogens with one attached hydrogen (secondary N) is 1. The summed E-state index contributed by atoms with van der Waals surface area (Å²) >= 11 is 0. The molecule has 1 saturated heterocycles. The van der Waals surface area contributed by atoms with Crippen LogP contribution in [0.25, 0.3) is 0 Å². The summed E-state index contributed by atoms with van der Waals surface area (Å²) in [6.07, 6.45) is 4.94. The molecular formula is C8H13NO. The largest absolute Gasteiger partial charge is 0.317 e. The Labute approximate surface area is 61.3 Å². The summed E-state index contributed by atoms with van der Waals surface area (Å²) in [6, 6.07) is 0. The molecule has 0 unspecified atom stereocenters. The van der Waals surface area contributed by atoms with Crippen molar-refractivity contribution in [3.8, 4) is 0 Å². The van der Waals surface area contributed by atoms with Gasteiger partial charge in [0.1, 0.15) is 5.94 Å². The molecule has 0 bridgehead atoms. The molecule has 0 radical (unpaired) electrons. The topological polar surface area (TPSA) is 29.1 Å². The first kappa shape index (κ1) is 7.52. The quantitative estimate of drug-likeness (QED) is 0.572. The second kappa shape index (κ2) is 4.26. The fraction of sp³-hybridized carbons (Fsp3) is 0.750. The van der Waals surface area contributed by atoms with Crippen LogP contribution in [0.4, 0.5) is 0 Å². The van der Waals surface area contributed by atoms with E-state index >= 15 is 0 Å². The molecule has 0 aromatic rings. The maximum Gasteiger partial charge on any atom is 0.120 e. The second-order valence-corrected chi connectivity index (χ2v) is 2.75. The summed E-state index contributed by atoms with van der Waals surface area (Å²) in [6.45, 7) is 2.22. The highest BCUT2D eigenvalue weighted by molar-refractivity contribution is 5.44. The van der Waals surface area contributed by atoms with E-state index in [0.29, 0.717) is 0 Å². The molecule has 0 aromatic heterocycles. The Bertz CT molecular complexity index is 132. The van der Waals surface area contributed by atoms with Crippen LogP contribution in [-0.4, -0.2) is 19.0 Å². The summed E-state index contributed by atoms with van der Waals surface area (Å²) in [5.74, 6) is 2.54. The van der Waals surface area contributed by atoms with Gasteiger partial charge in [-0.3, -0.25) is 0 Å². The summed E-state index contributed by atoms with van der Waals surface area (Å²) < 4.78 is 0. The lowest BCUT2D eigenvalue weighted by Gasteiger charge is -2.20.